The van der Waals surface area contributed by atoms with Crippen LogP contribution in [0.3, 0.4) is 0 Å². The van der Waals surface area contributed by atoms with E-state index in [2.05, 4.69) is 5.32 Å². The second-order valence-corrected chi connectivity index (χ2v) is 4.50. The van der Waals surface area contributed by atoms with Crippen LogP contribution in [0.5, 0.6) is 0 Å². The van der Waals surface area contributed by atoms with Crippen molar-refractivity contribution >= 4 is 5.91 Å². The molecule has 0 aromatic carbocycles. The van der Waals surface area contributed by atoms with E-state index in [-0.39, 0.29) is 36.5 Å². The first-order valence-electron chi connectivity index (χ1n) is 6.10. The predicted octanol–water partition coefficient (Wildman–Crippen LogP) is 0.371. The summed E-state index contributed by atoms with van der Waals surface area (Å²) in [7, 11) is 0. The van der Waals surface area contributed by atoms with Gasteiger partial charge in [-0.1, -0.05) is 13.0 Å². The highest BCUT2D eigenvalue weighted by Gasteiger charge is 2.13. The summed E-state index contributed by atoms with van der Waals surface area (Å²) in [5, 5.41) is 11.8. The number of carbonyl (C=O) groups excluding carboxylic acids is 1. The van der Waals surface area contributed by atoms with Crippen LogP contribution in [0.25, 0.3) is 0 Å². The van der Waals surface area contributed by atoms with Gasteiger partial charge in [-0.15, -0.1) is 0 Å². The van der Waals surface area contributed by atoms with Crippen LogP contribution in [-0.4, -0.2) is 28.2 Å². The van der Waals surface area contributed by atoms with Crippen molar-refractivity contribution in [3.8, 4) is 0 Å². The third kappa shape index (κ3) is 4.33. The first kappa shape index (κ1) is 14.4. The summed E-state index contributed by atoms with van der Waals surface area (Å²) < 4.78 is 1.50. The third-order valence-corrected chi connectivity index (χ3v) is 3.01. The van der Waals surface area contributed by atoms with E-state index < -0.39 is 0 Å². The van der Waals surface area contributed by atoms with Crippen molar-refractivity contribution < 1.29 is 9.90 Å². The molecule has 18 heavy (non-hydrogen) atoms. The maximum absolute atomic E-state index is 11.7. The molecule has 2 atom stereocenters. The highest BCUT2D eigenvalue weighted by Crippen LogP contribution is 2.01. The van der Waals surface area contributed by atoms with Gasteiger partial charge in [0.05, 0.1) is 0 Å². The van der Waals surface area contributed by atoms with Gasteiger partial charge in [0.2, 0.25) is 5.91 Å². The summed E-state index contributed by atoms with van der Waals surface area (Å²) in [6.07, 6.45) is 1.92. The maximum atomic E-state index is 11.7. The van der Waals surface area contributed by atoms with E-state index in [1.807, 2.05) is 13.8 Å². The number of aromatic nitrogens is 1. The van der Waals surface area contributed by atoms with Gasteiger partial charge < -0.3 is 15.0 Å². The van der Waals surface area contributed by atoms with Crippen LogP contribution in [0.4, 0.5) is 0 Å². The Morgan fingerprint density at radius 1 is 1.44 bits per heavy atom. The quantitative estimate of drug-likeness (QED) is 0.768. The van der Waals surface area contributed by atoms with Crippen LogP contribution in [0.1, 0.15) is 20.3 Å². The normalized spacial score (nSPS) is 13.9. The molecule has 0 aliphatic rings. The number of aliphatic hydroxyl groups excluding tert-OH is 1. The summed E-state index contributed by atoms with van der Waals surface area (Å²) in [4.78, 5) is 23.1. The summed E-state index contributed by atoms with van der Waals surface area (Å²) in [6, 6.07) is 4.82. The lowest BCUT2D eigenvalue weighted by Crippen LogP contribution is -2.39. The van der Waals surface area contributed by atoms with Crippen molar-refractivity contribution in [1.29, 1.82) is 0 Å². The van der Waals surface area contributed by atoms with Crippen LogP contribution in [0.2, 0.25) is 0 Å². The molecule has 5 nitrogen and oxygen atoms in total. The fourth-order valence-corrected chi connectivity index (χ4v) is 1.49. The van der Waals surface area contributed by atoms with Gasteiger partial charge in [0.25, 0.3) is 5.56 Å². The van der Waals surface area contributed by atoms with Gasteiger partial charge in [0, 0.05) is 37.9 Å². The zero-order valence-corrected chi connectivity index (χ0v) is 10.8. The molecule has 5 heteroatoms. The number of pyridine rings is 1. The molecule has 0 spiro atoms. The lowest BCUT2D eigenvalue weighted by molar-refractivity contribution is -0.122. The molecule has 0 aliphatic carbocycles. The Kier molecular flexibility index (Phi) is 5.58. The zero-order valence-electron chi connectivity index (χ0n) is 10.8. The molecule has 1 aromatic heterocycles. The zero-order chi connectivity index (χ0) is 13.5. The minimum Gasteiger partial charge on any atom is -0.396 e. The Balaban J connectivity index is 2.43. The number of hydrogen-bond acceptors (Lipinski definition) is 3. The smallest absolute Gasteiger partial charge is 0.250 e. The molecule has 1 rings (SSSR count). The van der Waals surface area contributed by atoms with Crippen LogP contribution in [-0.2, 0) is 11.3 Å². The van der Waals surface area contributed by atoms with Crippen molar-refractivity contribution in [1.82, 2.24) is 9.88 Å². The second-order valence-electron chi connectivity index (χ2n) is 4.50. The topological polar surface area (TPSA) is 71.3 Å². The molecule has 2 unspecified atom stereocenters. The van der Waals surface area contributed by atoms with E-state index in [0.717, 1.165) is 0 Å². The van der Waals surface area contributed by atoms with Gasteiger partial charge in [-0.05, 0) is 18.9 Å². The Morgan fingerprint density at radius 2 is 2.17 bits per heavy atom. The van der Waals surface area contributed by atoms with Crippen molar-refractivity contribution in [3.05, 3.63) is 34.7 Å². The second kappa shape index (κ2) is 6.96. The first-order chi connectivity index (χ1) is 8.54. The third-order valence-electron chi connectivity index (χ3n) is 3.01. The number of nitrogens with zero attached hydrogens (tertiary/aromatic N) is 1. The first-order valence-corrected chi connectivity index (χ1v) is 6.10. The Hall–Kier alpha value is -1.62. The van der Waals surface area contributed by atoms with Crippen molar-refractivity contribution in [2.24, 2.45) is 5.92 Å². The van der Waals surface area contributed by atoms with Gasteiger partial charge in [0.15, 0.2) is 0 Å². The summed E-state index contributed by atoms with van der Waals surface area (Å²) in [6.45, 7) is 4.13. The number of hydrogen-bond donors (Lipinski definition) is 2. The number of carbonyl (C=O) groups is 1. The molecule has 0 saturated carbocycles. The Labute approximate surface area is 106 Å². The van der Waals surface area contributed by atoms with E-state index >= 15 is 0 Å². The largest absolute Gasteiger partial charge is 0.396 e. The molecule has 1 aromatic rings. The molecule has 1 amide bonds. The van der Waals surface area contributed by atoms with Crippen LogP contribution < -0.4 is 10.9 Å². The summed E-state index contributed by atoms with van der Waals surface area (Å²) in [5.74, 6) is -0.0908. The summed E-state index contributed by atoms with van der Waals surface area (Å²) >= 11 is 0. The minimum atomic E-state index is -0.112. The summed E-state index contributed by atoms with van der Waals surface area (Å²) in [5.41, 5.74) is -0.109. The van der Waals surface area contributed by atoms with Crippen molar-refractivity contribution in [3.63, 3.8) is 0 Å². The van der Waals surface area contributed by atoms with Gasteiger partial charge in [-0.25, -0.2) is 0 Å². The SMILES string of the molecule is CC(CO)C(C)NC(=O)CCn1ccccc1=O. The van der Waals surface area contributed by atoms with E-state index in [1.165, 1.54) is 10.6 Å². The molecule has 0 aliphatic heterocycles. The van der Waals surface area contributed by atoms with E-state index in [9.17, 15) is 9.59 Å². The lowest BCUT2D eigenvalue weighted by Gasteiger charge is -2.19. The van der Waals surface area contributed by atoms with Gasteiger partial charge >= 0.3 is 0 Å². The monoisotopic (exact) mass is 252 g/mol. The number of nitrogens with one attached hydrogen (secondary N) is 1. The highest BCUT2D eigenvalue weighted by molar-refractivity contribution is 5.76. The van der Waals surface area contributed by atoms with Crippen LogP contribution >= 0.6 is 0 Å². The molecule has 100 valence electrons. The van der Waals surface area contributed by atoms with Crippen LogP contribution in [0, 0.1) is 5.92 Å². The molecule has 0 radical (unpaired) electrons. The van der Waals surface area contributed by atoms with E-state index in [0.29, 0.717) is 6.54 Å². The van der Waals surface area contributed by atoms with Crippen molar-refractivity contribution in [2.45, 2.75) is 32.9 Å². The standard InChI is InChI=1S/C13H20N2O3/c1-10(9-16)11(2)14-12(17)6-8-15-7-4-3-5-13(15)18/h3-5,7,10-11,16H,6,8-9H2,1-2H3,(H,14,17). The molecule has 0 saturated heterocycles. The number of amides is 1. The number of rotatable bonds is 6. The predicted molar refractivity (Wildman–Crippen MR) is 69.2 cm³/mol. The van der Waals surface area contributed by atoms with E-state index in [4.69, 9.17) is 5.11 Å². The Bertz CT molecular complexity index is 442. The minimum absolute atomic E-state index is 0.0217. The average Bonchev–Trinajstić information content (AvgIpc) is 2.36. The molecule has 0 bridgehead atoms. The fourth-order valence-electron chi connectivity index (χ4n) is 1.49. The molecule has 0 fully saturated rings. The van der Waals surface area contributed by atoms with Gasteiger partial charge in [0.1, 0.15) is 0 Å². The van der Waals surface area contributed by atoms with E-state index in [1.54, 1.807) is 18.3 Å². The maximum Gasteiger partial charge on any atom is 0.250 e. The van der Waals surface area contributed by atoms with Gasteiger partial charge in [-0.2, -0.15) is 0 Å². The molecular formula is C13H20N2O3. The van der Waals surface area contributed by atoms with Crippen LogP contribution in [0.15, 0.2) is 29.2 Å². The highest BCUT2D eigenvalue weighted by atomic mass is 16.3. The average molecular weight is 252 g/mol. The Morgan fingerprint density at radius 3 is 2.78 bits per heavy atom. The number of aryl methyl sites for hydroxylation is 1. The molecule has 1 heterocycles. The van der Waals surface area contributed by atoms with Crippen molar-refractivity contribution in [2.75, 3.05) is 6.61 Å². The fraction of sp³-hybridized carbons (Fsp3) is 0.538. The molecule has 2 N–H and O–H groups in total. The number of aliphatic hydroxyl groups is 1. The van der Waals surface area contributed by atoms with Gasteiger partial charge in [-0.3, -0.25) is 9.59 Å². The molecular weight excluding hydrogens is 232 g/mol. The lowest BCUT2D eigenvalue weighted by atomic mass is 10.1.